The molecule has 10 heteroatoms. The number of alkyl halides is 2. The third-order valence-corrected chi connectivity index (χ3v) is 3.14. The fourth-order valence-electron chi connectivity index (χ4n) is 1.91. The molecule has 2 rings (SSSR count). The first kappa shape index (κ1) is 17.7. The lowest BCUT2D eigenvalue weighted by Crippen LogP contribution is -2.29. The standard InChI is InChI=1S/C14H18F2N6O2/c1-3-4-5-24-14(23)21-9(2)13-19-8-20-22(13)11-6-10(12(15)16)17-7-18-11/h6-9,12H,3-5H2,1-2H3,(H,21,23)/t9-/m0/s1. The van der Waals surface area contributed by atoms with Gasteiger partial charge in [-0.1, -0.05) is 13.3 Å². The number of aromatic nitrogens is 5. The zero-order chi connectivity index (χ0) is 17.5. The summed E-state index contributed by atoms with van der Waals surface area (Å²) in [6.07, 6.45) is 0.663. The minimum absolute atomic E-state index is 0.140. The van der Waals surface area contributed by atoms with Gasteiger partial charge in [-0.15, -0.1) is 0 Å². The van der Waals surface area contributed by atoms with Gasteiger partial charge in [-0.05, 0) is 13.3 Å². The molecule has 0 fully saturated rings. The summed E-state index contributed by atoms with van der Waals surface area (Å²) in [6, 6.07) is 0.571. The molecule has 0 spiro atoms. The molecule has 24 heavy (non-hydrogen) atoms. The first-order valence-corrected chi connectivity index (χ1v) is 7.46. The van der Waals surface area contributed by atoms with Crippen LogP contribution in [-0.2, 0) is 4.74 Å². The molecule has 1 amide bonds. The molecule has 0 aliphatic rings. The third-order valence-electron chi connectivity index (χ3n) is 3.14. The Bertz CT molecular complexity index is 679. The van der Waals surface area contributed by atoms with E-state index < -0.39 is 24.3 Å². The summed E-state index contributed by atoms with van der Waals surface area (Å²) in [4.78, 5) is 23.2. The molecule has 0 unspecified atom stereocenters. The van der Waals surface area contributed by atoms with E-state index >= 15 is 0 Å². The van der Waals surface area contributed by atoms with Gasteiger partial charge in [-0.2, -0.15) is 9.78 Å². The van der Waals surface area contributed by atoms with E-state index in [9.17, 15) is 13.6 Å². The monoisotopic (exact) mass is 340 g/mol. The smallest absolute Gasteiger partial charge is 0.407 e. The van der Waals surface area contributed by atoms with Gasteiger partial charge in [0.1, 0.15) is 18.3 Å². The van der Waals surface area contributed by atoms with Gasteiger partial charge >= 0.3 is 6.09 Å². The number of nitrogens with one attached hydrogen (secondary N) is 1. The molecule has 0 saturated heterocycles. The summed E-state index contributed by atoms with van der Waals surface area (Å²) in [6.45, 7) is 3.99. The summed E-state index contributed by atoms with van der Waals surface area (Å²) in [5.41, 5.74) is -0.416. The zero-order valence-corrected chi connectivity index (χ0v) is 13.3. The largest absolute Gasteiger partial charge is 0.450 e. The molecule has 1 N–H and O–H groups in total. The van der Waals surface area contributed by atoms with Gasteiger partial charge in [0, 0.05) is 6.07 Å². The molecule has 130 valence electrons. The molecular weight excluding hydrogens is 322 g/mol. The first-order chi connectivity index (χ1) is 11.5. The molecule has 1 atom stereocenters. The molecule has 0 aromatic carbocycles. The number of ether oxygens (including phenoxy) is 1. The van der Waals surface area contributed by atoms with E-state index in [0.717, 1.165) is 25.2 Å². The normalized spacial score (nSPS) is 12.2. The highest BCUT2D eigenvalue weighted by Gasteiger charge is 2.19. The molecule has 8 nitrogen and oxygen atoms in total. The Hall–Kier alpha value is -2.65. The van der Waals surface area contributed by atoms with Crippen molar-refractivity contribution in [3.63, 3.8) is 0 Å². The lowest BCUT2D eigenvalue weighted by atomic mass is 10.3. The van der Waals surface area contributed by atoms with Gasteiger partial charge in [0.25, 0.3) is 6.43 Å². The van der Waals surface area contributed by atoms with Crippen molar-refractivity contribution in [2.75, 3.05) is 6.61 Å². The molecule has 0 radical (unpaired) electrons. The first-order valence-electron chi connectivity index (χ1n) is 7.46. The minimum atomic E-state index is -2.72. The topological polar surface area (TPSA) is 94.8 Å². The lowest BCUT2D eigenvalue weighted by molar-refractivity contribution is 0.141. The van der Waals surface area contributed by atoms with Crippen LogP contribution in [0.2, 0.25) is 0 Å². The van der Waals surface area contributed by atoms with Gasteiger partial charge in [0.05, 0.1) is 12.6 Å². The highest BCUT2D eigenvalue weighted by atomic mass is 19.3. The van der Waals surface area contributed by atoms with E-state index in [0.29, 0.717) is 12.4 Å². The molecule has 0 aliphatic carbocycles. The summed E-state index contributed by atoms with van der Waals surface area (Å²) >= 11 is 0. The molecule has 0 aliphatic heterocycles. The third kappa shape index (κ3) is 4.43. The number of amides is 1. The van der Waals surface area contributed by atoms with Crippen molar-refractivity contribution >= 4 is 6.09 Å². The maximum absolute atomic E-state index is 12.8. The molecule has 0 bridgehead atoms. The maximum atomic E-state index is 12.8. The summed E-state index contributed by atoms with van der Waals surface area (Å²) in [5, 5.41) is 6.58. The Labute approximate surface area is 137 Å². The van der Waals surface area contributed by atoms with Crippen molar-refractivity contribution < 1.29 is 18.3 Å². The van der Waals surface area contributed by atoms with Crippen LogP contribution in [0.4, 0.5) is 13.6 Å². The number of rotatable bonds is 7. The van der Waals surface area contributed by atoms with Crippen molar-refractivity contribution in [1.82, 2.24) is 30.0 Å². The van der Waals surface area contributed by atoms with Crippen LogP contribution in [0.5, 0.6) is 0 Å². The van der Waals surface area contributed by atoms with Crippen LogP contribution in [0.1, 0.15) is 50.7 Å². The van der Waals surface area contributed by atoms with E-state index in [1.54, 1.807) is 6.92 Å². The number of nitrogens with zero attached hydrogens (tertiary/aromatic N) is 5. The number of alkyl carbamates (subject to hydrolysis) is 1. The quantitative estimate of drug-likeness (QED) is 0.779. The molecule has 2 aromatic rings. The van der Waals surface area contributed by atoms with E-state index in [1.165, 1.54) is 11.0 Å². The highest BCUT2D eigenvalue weighted by Crippen LogP contribution is 2.19. The SMILES string of the molecule is CCCCOC(=O)N[C@@H](C)c1ncnn1-c1cc(C(F)F)ncn1. The van der Waals surface area contributed by atoms with Crippen molar-refractivity contribution in [1.29, 1.82) is 0 Å². The van der Waals surface area contributed by atoms with Crippen LogP contribution < -0.4 is 5.32 Å². The fraction of sp³-hybridized carbons (Fsp3) is 0.500. The van der Waals surface area contributed by atoms with Gasteiger partial charge in [-0.3, -0.25) is 0 Å². The number of unbranched alkanes of at least 4 members (excludes halogenated alkanes) is 1. The highest BCUT2D eigenvalue weighted by molar-refractivity contribution is 5.67. The van der Waals surface area contributed by atoms with Gasteiger partial charge in [0.2, 0.25) is 0 Å². The van der Waals surface area contributed by atoms with Crippen molar-refractivity contribution in [3.8, 4) is 5.82 Å². The number of hydrogen-bond acceptors (Lipinski definition) is 6. The Morgan fingerprint density at radius 2 is 2.12 bits per heavy atom. The Kier molecular flexibility index (Phi) is 6.10. The maximum Gasteiger partial charge on any atom is 0.407 e. The molecular formula is C14H18F2N6O2. The van der Waals surface area contributed by atoms with Gasteiger partial charge < -0.3 is 10.1 Å². The van der Waals surface area contributed by atoms with Crippen molar-refractivity contribution in [2.24, 2.45) is 0 Å². The average Bonchev–Trinajstić information content (AvgIpc) is 3.05. The van der Waals surface area contributed by atoms with Gasteiger partial charge in [0.15, 0.2) is 11.6 Å². The van der Waals surface area contributed by atoms with E-state index in [-0.39, 0.29) is 5.82 Å². The summed E-state index contributed by atoms with van der Waals surface area (Å²) in [7, 11) is 0. The second-order valence-electron chi connectivity index (χ2n) is 4.99. The van der Waals surface area contributed by atoms with Crippen LogP contribution >= 0.6 is 0 Å². The Balaban J connectivity index is 2.12. The number of carbonyl (C=O) groups excluding carboxylic acids is 1. The number of carbonyl (C=O) groups is 1. The van der Waals surface area contributed by atoms with E-state index in [1.807, 2.05) is 6.92 Å². The van der Waals surface area contributed by atoms with Crippen LogP contribution in [0.15, 0.2) is 18.7 Å². The van der Waals surface area contributed by atoms with Crippen LogP contribution in [0, 0.1) is 0 Å². The summed E-state index contributed by atoms with van der Waals surface area (Å²) < 4.78 is 31.8. The van der Waals surface area contributed by atoms with Crippen molar-refractivity contribution in [3.05, 3.63) is 30.2 Å². The van der Waals surface area contributed by atoms with Crippen LogP contribution in [-0.4, -0.2) is 37.4 Å². The second kappa shape index (κ2) is 8.27. The Morgan fingerprint density at radius 1 is 1.33 bits per heavy atom. The second-order valence-corrected chi connectivity index (χ2v) is 4.99. The molecule has 0 saturated carbocycles. The van der Waals surface area contributed by atoms with E-state index in [2.05, 4.69) is 25.4 Å². The van der Waals surface area contributed by atoms with Gasteiger partial charge in [-0.25, -0.2) is 28.5 Å². The predicted octanol–water partition coefficient (Wildman–Crippen LogP) is 2.58. The Morgan fingerprint density at radius 3 is 2.83 bits per heavy atom. The molecule has 2 aromatic heterocycles. The average molecular weight is 340 g/mol. The number of halogens is 2. The molecule has 2 heterocycles. The van der Waals surface area contributed by atoms with Crippen LogP contribution in [0.25, 0.3) is 5.82 Å². The van der Waals surface area contributed by atoms with Crippen molar-refractivity contribution in [2.45, 2.75) is 39.2 Å². The predicted molar refractivity (Wildman–Crippen MR) is 79.7 cm³/mol. The number of hydrogen-bond donors (Lipinski definition) is 1. The van der Waals surface area contributed by atoms with E-state index in [4.69, 9.17) is 4.74 Å². The fourth-order valence-corrected chi connectivity index (χ4v) is 1.91. The minimum Gasteiger partial charge on any atom is -0.450 e. The zero-order valence-electron chi connectivity index (χ0n) is 13.3. The lowest BCUT2D eigenvalue weighted by Gasteiger charge is -2.14. The summed E-state index contributed by atoms with van der Waals surface area (Å²) in [5.74, 6) is 0.474. The van der Waals surface area contributed by atoms with Crippen LogP contribution in [0.3, 0.4) is 0 Å².